The van der Waals surface area contributed by atoms with E-state index in [4.69, 9.17) is 0 Å². The molecule has 0 saturated carbocycles. The van der Waals surface area contributed by atoms with E-state index in [0.717, 1.165) is 28.7 Å². The van der Waals surface area contributed by atoms with Crippen LogP contribution in [0.25, 0.3) is 0 Å². The van der Waals surface area contributed by atoms with E-state index in [-0.39, 0.29) is 11.8 Å². The average molecular weight is 348 g/mol. The number of benzene rings is 1. The predicted octanol–water partition coefficient (Wildman–Crippen LogP) is 3.03. The Balaban J connectivity index is 1.66. The first-order valence-electron chi connectivity index (χ1n) is 7.35. The van der Waals surface area contributed by atoms with E-state index in [1.807, 2.05) is 6.92 Å². The smallest absolute Gasteiger partial charge is 0.257 e. The van der Waals surface area contributed by atoms with Crippen LogP contribution in [0, 0.1) is 0 Å². The maximum atomic E-state index is 12.2. The first kappa shape index (κ1) is 15.9. The molecule has 0 unspecified atom stereocenters. The zero-order valence-electron chi connectivity index (χ0n) is 12.6. The van der Waals surface area contributed by atoms with Gasteiger partial charge in [-0.05, 0) is 36.4 Å². The van der Waals surface area contributed by atoms with Crippen molar-refractivity contribution in [1.82, 2.24) is 10.2 Å². The molecule has 1 fully saturated rings. The summed E-state index contributed by atoms with van der Waals surface area (Å²) in [5, 5.41) is 11.2. The van der Waals surface area contributed by atoms with Gasteiger partial charge in [0.15, 0.2) is 4.34 Å². The molecule has 120 valence electrons. The number of hydrogen-bond acceptors (Lipinski definition) is 6. The number of nitrogens with one attached hydrogen (secondary N) is 1. The van der Waals surface area contributed by atoms with Crippen LogP contribution in [0.1, 0.15) is 30.1 Å². The fraction of sp³-hybridized carbons (Fsp3) is 0.333. The van der Waals surface area contributed by atoms with Crippen LogP contribution in [-0.4, -0.2) is 34.3 Å². The Morgan fingerprint density at radius 3 is 2.78 bits per heavy atom. The second-order valence-electron chi connectivity index (χ2n) is 4.96. The molecule has 8 heteroatoms. The van der Waals surface area contributed by atoms with Crippen molar-refractivity contribution in [3.63, 3.8) is 0 Å². The molecule has 2 heterocycles. The van der Waals surface area contributed by atoms with Crippen LogP contribution in [-0.2, 0) is 4.79 Å². The number of amides is 2. The summed E-state index contributed by atoms with van der Waals surface area (Å²) < 4.78 is 0.839. The molecule has 0 radical (unpaired) electrons. The number of hydrogen-bond donors (Lipinski definition) is 1. The minimum absolute atomic E-state index is 0.136. The molecule has 3 rings (SSSR count). The second kappa shape index (κ2) is 7.10. The number of aromatic nitrogens is 2. The lowest BCUT2D eigenvalue weighted by Gasteiger charge is -2.15. The van der Waals surface area contributed by atoms with Crippen molar-refractivity contribution < 1.29 is 9.59 Å². The van der Waals surface area contributed by atoms with Gasteiger partial charge >= 0.3 is 0 Å². The zero-order chi connectivity index (χ0) is 16.2. The van der Waals surface area contributed by atoms with Gasteiger partial charge in [-0.15, -0.1) is 10.2 Å². The maximum Gasteiger partial charge on any atom is 0.257 e. The van der Waals surface area contributed by atoms with Crippen molar-refractivity contribution >= 4 is 45.7 Å². The quantitative estimate of drug-likeness (QED) is 0.664. The standard InChI is InChI=1S/C15H16N4O2S2/c1-2-22-15-18-17-14(23-15)16-13(21)10-5-7-11(8-6-10)19-9-3-4-12(19)20/h5-8H,2-4,9H2,1H3,(H,16,17,21). The summed E-state index contributed by atoms with van der Waals surface area (Å²) >= 11 is 2.95. The predicted molar refractivity (Wildman–Crippen MR) is 92.3 cm³/mol. The number of anilines is 2. The van der Waals surface area contributed by atoms with Crippen molar-refractivity contribution in [3.05, 3.63) is 29.8 Å². The molecule has 0 spiro atoms. The van der Waals surface area contributed by atoms with Crippen molar-refractivity contribution in [3.8, 4) is 0 Å². The van der Waals surface area contributed by atoms with E-state index < -0.39 is 0 Å². The number of carbonyl (C=O) groups is 2. The van der Waals surface area contributed by atoms with Gasteiger partial charge in [0, 0.05) is 24.2 Å². The molecule has 0 bridgehead atoms. The highest BCUT2D eigenvalue weighted by Crippen LogP contribution is 2.26. The SMILES string of the molecule is CCSc1nnc(NC(=O)c2ccc(N3CCCC3=O)cc2)s1. The molecule has 1 saturated heterocycles. The summed E-state index contributed by atoms with van der Waals surface area (Å²) in [5.41, 5.74) is 1.36. The van der Waals surface area contributed by atoms with Gasteiger partial charge in [0.2, 0.25) is 11.0 Å². The van der Waals surface area contributed by atoms with Crippen LogP contribution >= 0.6 is 23.1 Å². The Labute approximate surface area is 142 Å². The topological polar surface area (TPSA) is 75.2 Å². The summed E-state index contributed by atoms with van der Waals surface area (Å²) in [6.07, 6.45) is 1.48. The van der Waals surface area contributed by atoms with E-state index in [1.54, 1.807) is 40.9 Å². The van der Waals surface area contributed by atoms with Gasteiger partial charge in [-0.3, -0.25) is 14.9 Å². The van der Waals surface area contributed by atoms with Gasteiger partial charge in [-0.25, -0.2) is 0 Å². The summed E-state index contributed by atoms with van der Waals surface area (Å²) in [6.45, 7) is 2.78. The zero-order valence-corrected chi connectivity index (χ0v) is 14.2. The largest absolute Gasteiger partial charge is 0.312 e. The van der Waals surface area contributed by atoms with E-state index >= 15 is 0 Å². The normalized spacial score (nSPS) is 14.3. The van der Waals surface area contributed by atoms with Gasteiger partial charge in [0.05, 0.1) is 0 Å². The van der Waals surface area contributed by atoms with Gasteiger partial charge in [0.25, 0.3) is 5.91 Å². The van der Waals surface area contributed by atoms with Crippen LogP contribution in [0.4, 0.5) is 10.8 Å². The van der Waals surface area contributed by atoms with E-state index in [1.165, 1.54) is 11.3 Å². The monoisotopic (exact) mass is 348 g/mol. The molecule has 6 nitrogen and oxygen atoms in total. The summed E-state index contributed by atoms with van der Waals surface area (Å²) in [6, 6.07) is 7.05. The molecule has 1 aliphatic heterocycles. The van der Waals surface area contributed by atoms with Crippen molar-refractivity contribution in [1.29, 1.82) is 0 Å². The highest BCUT2D eigenvalue weighted by molar-refractivity contribution is 8.01. The third kappa shape index (κ3) is 3.70. The lowest BCUT2D eigenvalue weighted by molar-refractivity contribution is -0.117. The highest BCUT2D eigenvalue weighted by Gasteiger charge is 2.21. The van der Waals surface area contributed by atoms with Crippen molar-refractivity contribution in [2.75, 3.05) is 22.5 Å². The van der Waals surface area contributed by atoms with Crippen molar-refractivity contribution in [2.45, 2.75) is 24.1 Å². The van der Waals surface area contributed by atoms with Crippen LogP contribution in [0.15, 0.2) is 28.6 Å². The highest BCUT2D eigenvalue weighted by atomic mass is 32.2. The Morgan fingerprint density at radius 1 is 1.35 bits per heavy atom. The molecule has 1 aromatic heterocycles. The molecule has 2 aromatic rings. The van der Waals surface area contributed by atoms with Gasteiger partial charge in [-0.2, -0.15) is 0 Å². The Morgan fingerprint density at radius 2 is 2.13 bits per heavy atom. The molecule has 0 aliphatic carbocycles. The Kier molecular flexibility index (Phi) is 4.92. The van der Waals surface area contributed by atoms with Crippen molar-refractivity contribution in [2.24, 2.45) is 0 Å². The Bertz CT molecular complexity index is 715. The summed E-state index contributed by atoms with van der Waals surface area (Å²) in [7, 11) is 0. The number of carbonyl (C=O) groups excluding carboxylic acids is 2. The number of nitrogens with zero attached hydrogens (tertiary/aromatic N) is 3. The lowest BCUT2D eigenvalue weighted by atomic mass is 10.2. The fourth-order valence-corrected chi connectivity index (χ4v) is 3.97. The third-order valence-corrected chi connectivity index (χ3v) is 5.26. The molecule has 1 aliphatic rings. The first-order chi connectivity index (χ1) is 11.2. The second-order valence-corrected chi connectivity index (χ2v) is 7.44. The molecule has 23 heavy (non-hydrogen) atoms. The van der Waals surface area contributed by atoms with Crippen LogP contribution in [0.2, 0.25) is 0 Å². The lowest BCUT2D eigenvalue weighted by Crippen LogP contribution is -2.23. The van der Waals surface area contributed by atoms with E-state index in [2.05, 4.69) is 15.5 Å². The fourth-order valence-electron chi connectivity index (χ4n) is 2.33. The maximum absolute atomic E-state index is 12.2. The van der Waals surface area contributed by atoms with Crippen LogP contribution < -0.4 is 10.2 Å². The van der Waals surface area contributed by atoms with Gasteiger partial charge in [-0.1, -0.05) is 30.0 Å². The summed E-state index contributed by atoms with van der Waals surface area (Å²) in [4.78, 5) is 25.7. The molecule has 1 N–H and O–H groups in total. The minimum Gasteiger partial charge on any atom is -0.312 e. The first-order valence-corrected chi connectivity index (χ1v) is 9.15. The molecule has 0 atom stereocenters. The van der Waals surface area contributed by atoms with Crippen LogP contribution in [0.3, 0.4) is 0 Å². The number of rotatable bonds is 5. The molecule has 1 aromatic carbocycles. The van der Waals surface area contributed by atoms with Crippen LogP contribution in [0.5, 0.6) is 0 Å². The van der Waals surface area contributed by atoms with E-state index in [0.29, 0.717) is 17.1 Å². The molecule has 2 amide bonds. The van der Waals surface area contributed by atoms with Gasteiger partial charge < -0.3 is 4.90 Å². The minimum atomic E-state index is -0.228. The number of thioether (sulfide) groups is 1. The molecular formula is C15H16N4O2S2. The summed E-state index contributed by atoms with van der Waals surface area (Å²) in [5.74, 6) is 0.824. The molecular weight excluding hydrogens is 332 g/mol. The third-order valence-electron chi connectivity index (χ3n) is 3.41. The average Bonchev–Trinajstić information content (AvgIpc) is 3.17. The Hall–Kier alpha value is -1.93. The van der Waals surface area contributed by atoms with Gasteiger partial charge in [0.1, 0.15) is 0 Å². The van der Waals surface area contributed by atoms with E-state index in [9.17, 15) is 9.59 Å².